The van der Waals surface area contributed by atoms with Crippen LogP contribution in [0.5, 0.6) is 5.75 Å². The molecule has 0 spiro atoms. The van der Waals surface area contributed by atoms with Crippen LogP contribution in [0.2, 0.25) is 0 Å². The molecule has 1 fully saturated rings. The minimum absolute atomic E-state index is 0.507. The highest BCUT2D eigenvalue weighted by molar-refractivity contribution is 7.10. The summed E-state index contributed by atoms with van der Waals surface area (Å²) in [6.07, 6.45) is 2.56. The van der Waals surface area contributed by atoms with Crippen molar-refractivity contribution in [1.29, 1.82) is 0 Å². The largest absolute Gasteiger partial charge is 0.497 e. The standard InChI is InChI=1S/C22H19N3O2S/c1-13-11-17(26-2)9-10-18(13)21-24-20(25-27-21)15-5-3-14(4-6-15)19-12-28-22(23-19)16-7-8-16/h3-6,9-12,16H,7-8H2,1-2H3. The second kappa shape index (κ2) is 6.87. The predicted octanol–water partition coefficient (Wildman–Crippen LogP) is 5.72. The highest BCUT2D eigenvalue weighted by Gasteiger charge is 2.26. The third-order valence-corrected chi connectivity index (χ3v) is 5.98. The molecule has 6 heteroatoms. The Bertz CT molecular complexity index is 1130. The molecule has 0 amide bonds. The molecule has 0 aliphatic heterocycles. The Morgan fingerprint density at radius 2 is 1.82 bits per heavy atom. The van der Waals surface area contributed by atoms with E-state index in [-0.39, 0.29) is 0 Å². The fraction of sp³-hybridized carbons (Fsp3) is 0.227. The summed E-state index contributed by atoms with van der Waals surface area (Å²) in [5.74, 6) is 2.59. The summed E-state index contributed by atoms with van der Waals surface area (Å²) in [4.78, 5) is 9.34. The molecule has 0 saturated heterocycles. The van der Waals surface area contributed by atoms with Crippen molar-refractivity contribution in [3.05, 3.63) is 58.4 Å². The van der Waals surface area contributed by atoms with Crippen molar-refractivity contribution in [2.75, 3.05) is 7.11 Å². The molecule has 2 aromatic heterocycles. The van der Waals surface area contributed by atoms with E-state index in [1.54, 1.807) is 18.4 Å². The number of nitrogens with zero attached hydrogens (tertiary/aromatic N) is 3. The number of methoxy groups -OCH3 is 1. The average Bonchev–Trinajstić information content (AvgIpc) is 3.26. The molecule has 4 aromatic rings. The first kappa shape index (κ1) is 17.1. The van der Waals surface area contributed by atoms with Crippen molar-refractivity contribution in [3.8, 4) is 39.8 Å². The Morgan fingerprint density at radius 1 is 1.04 bits per heavy atom. The Morgan fingerprint density at radius 3 is 2.54 bits per heavy atom. The van der Waals surface area contributed by atoms with Crippen LogP contribution in [0.4, 0.5) is 0 Å². The van der Waals surface area contributed by atoms with Gasteiger partial charge in [0, 0.05) is 28.0 Å². The molecule has 5 nitrogen and oxygen atoms in total. The fourth-order valence-electron chi connectivity index (χ4n) is 3.18. The summed E-state index contributed by atoms with van der Waals surface area (Å²) in [5, 5.41) is 7.55. The van der Waals surface area contributed by atoms with Gasteiger partial charge in [-0.1, -0.05) is 29.4 Å². The van der Waals surface area contributed by atoms with Gasteiger partial charge in [-0.2, -0.15) is 4.98 Å². The summed E-state index contributed by atoms with van der Waals surface area (Å²) >= 11 is 1.76. The van der Waals surface area contributed by atoms with Gasteiger partial charge in [-0.05, 0) is 43.5 Å². The maximum atomic E-state index is 5.50. The third kappa shape index (κ3) is 3.20. The molecule has 0 radical (unpaired) electrons. The lowest BCUT2D eigenvalue weighted by molar-refractivity contribution is 0.414. The number of aromatic nitrogens is 3. The third-order valence-electron chi connectivity index (χ3n) is 4.98. The van der Waals surface area contributed by atoms with Crippen LogP contribution in [0, 0.1) is 6.92 Å². The van der Waals surface area contributed by atoms with Crippen molar-refractivity contribution < 1.29 is 9.26 Å². The van der Waals surface area contributed by atoms with E-state index in [1.807, 2.05) is 37.3 Å². The summed E-state index contributed by atoms with van der Waals surface area (Å²) in [7, 11) is 1.65. The quantitative estimate of drug-likeness (QED) is 0.437. The lowest BCUT2D eigenvalue weighted by Crippen LogP contribution is -1.88. The zero-order valence-electron chi connectivity index (χ0n) is 15.7. The number of benzene rings is 2. The molecule has 140 valence electrons. The van der Waals surface area contributed by atoms with Crippen LogP contribution in [0.15, 0.2) is 52.4 Å². The minimum atomic E-state index is 0.507. The number of rotatable bonds is 5. The number of hydrogen-bond acceptors (Lipinski definition) is 6. The molecule has 1 aliphatic rings. The average molecular weight is 389 g/mol. The molecule has 0 atom stereocenters. The van der Waals surface area contributed by atoms with Gasteiger partial charge in [-0.25, -0.2) is 4.98 Å². The number of thiazole rings is 1. The van der Waals surface area contributed by atoms with Crippen LogP contribution < -0.4 is 4.74 Å². The van der Waals surface area contributed by atoms with E-state index >= 15 is 0 Å². The molecular weight excluding hydrogens is 370 g/mol. The summed E-state index contributed by atoms with van der Waals surface area (Å²) < 4.78 is 10.8. The molecule has 2 aromatic carbocycles. The van der Waals surface area contributed by atoms with Crippen molar-refractivity contribution in [2.24, 2.45) is 0 Å². The fourth-order valence-corrected chi connectivity index (χ4v) is 4.18. The zero-order valence-corrected chi connectivity index (χ0v) is 16.5. The lowest BCUT2D eigenvalue weighted by Gasteiger charge is -2.03. The first-order chi connectivity index (χ1) is 13.7. The molecule has 0 unspecified atom stereocenters. The SMILES string of the molecule is COc1ccc(-c2nc(-c3ccc(-c4csc(C5CC5)n4)cc3)no2)c(C)c1. The normalized spacial score (nSPS) is 13.6. The highest BCUT2D eigenvalue weighted by Crippen LogP contribution is 2.42. The van der Waals surface area contributed by atoms with Crippen molar-refractivity contribution >= 4 is 11.3 Å². The van der Waals surface area contributed by atoms with Crippen LogP contribution in [-0.2, 0) is 0 Å². The summed E-state index contributed by atoms with van der Waals surface area (Å²) in [6, 6.07) is 13.9. The maximum absolute atomic E-state index is 5.50. The summed E-state index contributed by atoms with van der Waals surface area (Å²) in [6.45, 7) is 2.00. The Hall–Kier alpha value is -2.99. The molecule has 1 aliphatic carbocycles. The van der Waals surface area contributed by atoms with E-state index in [1.165, 1.54) is 17.8 Å². The molecule has 1 saturated carbocycles. The van der Waals surface area contributed by atoms with Gasteiger partial charge < -0.3 is 9.26 Å². The van der Waals surface area contributed by atoms with E-state index in [0.29, 0.717) is 17.6 Å². The number of ether oxygens (including phenoxy) is 1. The van der Waals surface area contributed by atoms with Gasteiger partial charge in [0.05, 0.1) is 17.8 Å². The number of hydrogen-bond donors (Lipinski definition) is 0. The van der Waals surface area contributed by atoms with Crippen LogP contribution in [0.1, 0.15) is 29.3 Å². The minimum Gasteiger partial charge on any atom is -0.497 e. The van der Waals surface area contributed by atoms with Gasteiger partial charge in [0.25, 0.3) is 5.89 Å². The van der Waals surface area contributed by atoms with E-state index in [2.05, 4.69) is 27.7 Å². The summed E-state index contributed by atoms with van der Waals surface area (Å²) in [5.41, 5.74) is 5.01. The van der Waals surface area contributed by atoms with Gasteiger partial charge in [0.2, 0.25) is 5.82 Å². The van der Waals surface area contributed by atoms with E-state index in [4.69, 9.17) is 14.2 Å². The van der Waals surface area contributed by atoms with Crippen molar-refractivity contribution in [3.63, 3.8) is 0 Å². The Labute approximate surface area is 167 Å². The van der Waals surface area contributed by atoms with Gasteiger partial charge >= 0.3 is 0 Å². The van der Waals surface area contributed by atoms with Crippen molar-refractivity contribution in [2.45, 2.75) is 25.7 Å². The second-order valence-electron chi connectivity index (χ2n) is 7.03. The van der Waals surface area contributed by atoms with E-state index < -0.39 is 0 Å². The Balaban J connectivity index is 1.39. The predicted molar refractivity (Wildman–Crippen MR) is 110 cm³/mol. The maximum Gasteiger partial charge on any atom is 0.258 e. The monoisotopic (exact) mass is 389 g/mol. The smallest absolute Gasteiger partial charge is 0.258 e. The second-order valence-corrected chi connectivity index (χ2v) is 7.92. The molecule has 2 heterocycles. The van der Waals surface area contributed by atoms with Crippen LogP contribution in [-0.4, -0.2) is 22.2 Å². The molecule has 0 bridgehead atoms. The van der Waals surface area contributed by atoms with Crippen molar-refractivity contribution in [1.82, 2.24) is 15.1 Å². The zero-order chi connectivity index (χ0) is 19.1. The van der Waals surface area contributed by atoms with Crippen LogP contribution in [0.3, 0.4) is 0 Å². The van der Waals surface area contributed by atoms with Gasteiger partial charge in [-0.3, -0.25) is 0 Å². The lowest BCUT2D eigenvalue weighted by atomic mass is 10.1. The molecule has 5 rings (SSSR count). The van der Waals surface area contributed by atoms with Gasteiger partial charge in [0.1, 0.15) is 5.75 Å². The molecule has 0 N–H and O–H groups in total. The molecular formula is C22H19N3O2S. The topological polar surface area (TPSA) is 61.0 Å². The Kier molecular flexibility index (Phi) is 4.20. The highest BCUT2D eigenvalue weighted by atomic mass is 32.1. The van der Waals surface area contributed by atoms with Gasteiger partial charge in [0.15, 0.2) is 0 Å². The van der Waals surface area contributed by atoms with Gasteiger partial charge in [-0.15, -0.1) is 11.3 Å². The molecule has 28 heavy (non-hydrogen) atoms. The van der Waals surface area contributed by atoms with Crippen LogP contribution in [0.25, 0.3) is 34.1 Å². The van der Waals surface area contributed by atoms with E-state index in [0.717, 1.165) is 33.7 Å². The number of aryl methyl sites for hydroxylation is 1. The first-order valence-electron chi connectivity index (χ1n) is 9.26. The van der Waals surface area contributed by atoms with E-state index in [9.17, 15) is 0 Å². The van der Waals surface area contributed by atoms with Crippen LogP contribution >= 0.6 is 11.3 Å². The first-order valence-corrected chi connectivity index (χ1v) is 10.1.